The van der Waals surface area contributed by atoms with Crippen molar-refractivity contribution in [1.82, 2.24) is 0 Å². The van der Waals surface area contributed by atoms with Crippen molar-refractivity contribution in [2.45, 2.75) is 11.8 Å². The molecule has 0 bridgehead atoms. The van der Waals surface area contributed by atoms with E-state index in [2.05, 4.69) is 24.5 Å². The van der Waals surface area contributed by atoms with Gasteiger partial charge in [-0.1, -0.05) is 6.07 Å². The summed E-state index contributed by atoms with van der Waals surface area (Å²) in [6, 6.07) is 8.26. The summed E-state index contributed by atoms with van der Waals surface area (Å²) in [5, 5.41) is 1.16. The van der Waals surface area contributed by atoms with Gasteiger partial charge in [-0.05, 0) is 36.8 Å². The Kier molecular flexibility index (Phi) is 2.61. The molecule has 0 aliphatic carbocycles. The minimum atomic E-state index is 0.150. The molecule has 0 spiro atoms. The first-order valence-electron chi connectivity index (χ1n) is 4.29. The second kappa shape index (κ2) is 3.75. The number of carbonyl (C=O) groups is 1. The monoisotopic (exact) mass is 222 g/mol. The smallest absolute Gasteiger partial charge is 0.169 e. The average Bonchev–Trinajstić information content (AvgIpc) is 2.59. The molecule has 0 saturated heterocycles. The molecular weight excluding hydrogens is 212 g/mol. The summed E-state index contributed by atoms with van der Waals surface area (Å²) in [5.74, 6) is 0.150. The predicted molar refractivity (Wildman–Crippen MR) is 63.6 cm³/mol. The number of Topliss-reactive ketones (excluding diaryl/α,β-unsaturated/α-hetero) is 1. The standard InChI is InChI=1S/C11H10OS2/c1-7(12)10-5-8-3-4-9(13-2)6-11(8)14-10/h3-6H,1-2H3. The van der Waals surface area contributed by atoms with Crippen LogP contribution in [0.25, 0.3) is 10.1 Å². The average molecular weight is 222 g/mol. The van der Waals surface area contributed by atoms with E-state index in [0.29, 0.717) is 0 Å². The van der Waals surface area contributed by atoms with Crippen molar-refractivity contribution < 1.29 is 4.79 Å². The molecule has 0 fully saturated rings. The van der Waals surface area contributed by atoms with Crippen LogP contribution in [-0.2, 0) is 0 Å². The number of ketones is 1. The highest BCUT2D eigenvalue weighted by molar-refractivity contribution is 7.98. The molecule has 72 valence electrons. The Morgan fingerprint density at radius 2 is 2.14 bits per heavy atom. The molecule has 1 aromatic heterocycles. The molecule has 0 saturated carbocycles. The summed E-state index contributed by atoms with van der Waals surface area (Å²) in [6.45, 7) is 1.61. The molecule has 0 radical (unpaired) electrons. The van der Waals surface area contributed by atoms with Gasteiger partial charge < -0.3 is 0 Å². The van der Waals surface area contributed by atoms with Crippen LogP contribution in [0.3, 0.4) is 0 Å². The Hall–Kier alpha value is -0.800. The largest absolute Gasteiger partial charge is 0.294 e. The molecule has 0 atom stereocenters. The van der Waals surface area contributed by atoms with Crippen molar-refractivity contribution in [2.75, 3.05) is 6.26 Å². The minimum absolute atomic E-state index is 0.150. The van der Waals surface area contributed by atoms with Gasteiger partial charge in [0.1, 0.15) is 0 Å². The van der Waals surface area contributed by atoms with E-state index in [1.165, 1.54) is 9.60 Å². The van der Waals surface area contributed by atoms with E-state index in [1.54, 1.807) is 30.0 Å². The van der Waals surface area contributed by atoms with Crippen LogP contribution in [0.15, 0.2) is 29.2 Å². The maximum Gasteiger partial charge on any atom is 0.169 e. The fraction of sp³-hybridized carbons (Fsp3) is 0.182. The van der Waals surface area contributed by atoms with Gasteiger partial charge in [-0.15, -0.1) is 23.1 Å². The van der Waals surface area contributed by atoms with Crippen LogP contribution in [0, 0.1) is 0 Å². The van der Waals surface area contributed by atoms with Gasteiger partial charge in [-0.2, -0.15) is 0 Å². The van der Waals surface area contributed by atoms with Crippen LogP contribution in [0.5, 0.6) is 0 Å². The van der Waals surface area contributed by atoms with Crippen molar-refractivity contribution in [3.8, 4) is 0 Å². The Balaban J connectivity index is 2.60. The Morgan fingerprint density at radius 1 is 1.36 bits per heavy atom. The fourth-order valence-corrected chi connectivity index (χ4v) is 2.82. The topological polar surface area (TPSA) is 17.1 Å². The lowest BCUT2D eigenvalue weighted by Gasteiger charge is -1.94. The van der Waals surface area contributed by atoms with Crippen LogP contribution >= 0.6 is 23.1 Å². The fourth-order valence-electron chi connectivity index (χ4n) is 1.31. The number of thiophene rings is 1. The SMILES string of the molecule is CSc1ccc2cc(C(C)=O)sc2c1. The quantitative estimate of drug-likeness (QED) is 0.567. The molecule has 2 rings (SSSR count). The Bertz CT molecular complexity index is 485. The summed E-state index contributed by atoms with van der Waals surface area (Å²) >= 11 is 3.30. The summed E-state index contributed by atoms with van der Waals surface area (Å²) in [6.07, 6.45) is 2.06. The van der Waals surface area contributed by atoms with E-state index in [9.17, 15) is 4.79 Å². The summed E-state index contributed by atoms with van der Waals surface area (Å²) in [7, 11) is 0. The summed E-state index contributed by atoms with van der Waals surface area (Å²) in [5.41, 5.74) is 0. The van der Waals surface area contributed by atoms with Crippen molar-refractivity contribution >= 4 is 39.0 Å². The number of fused-ring (bicyclic) bond motifs is 1. The molecule has 0 N–H and O–H groups in total. The maximum atomic E-state index is 11.2. The van der Waals surface area contributed by atoms with Crippen molar-refractivity contribution in [3.05, 3.63) is 29.1 Å². The lowest BCUT2D eigenvalue weighted by atomic mass is 10.2. The molecule has 0 aliphatic heterocycles. The normalized spacial score (nSPS) is 10.7. The first-order chi connectivity index (χ1) is 6.70. The van der Waals surface area contributed by atoms with Gasteiger partial charge in [0.05, 0.1) is 4.88 Å². The molecule has 0 unspecified atom stereocenters. The lowest BCUT2D eigenvalue weighted by Crippen LogP contribution is -1.83. The van der Waals surface area contributed by atoms with Crippen molar-refractivity contribution in [1.29, 1.82) is 0 Å². The highest BCUT2D eigenvalue weighted by Gasteiger charge is 2.05. The zero-order chi connectivity index (χ0) is 10.1. The number of benzene rings is 1. The third-order valence-corrected chi connectivity index (χ3v) is 4.00. The maximum absolute atomic E-state index is 11.2. The molecule has 1 heterocycles. The third-order valence-electron chi connectivity index (χ3n) is 2.07. The molecule has 2 aromatic rings. The van der Waals surface area contributed by atoms with Gasteiger partial charge in [0.15, 0.2) is 5.78 Å². The molecule has 14 heavy (non-hydrogen) atoms. The van der Waals surface area contributed by atoms with Crippen LogP contribution in [0.1, 0.15) is 16.6 Å². The van der Waals surface area contributed by atoms with Gasteiger partial charge in [0.25, 0.3) is 0 Å². The van der Waals surface area contributed by atoms with E-state index in [0.717, 1.165) is 10.3 Å². The zero-order valence-electron chi connectivity index (χ0n) is 8.03. The number of carbonyl (C=O) groups excluding carboxylic acids is 1. The first-order valence-corrected chi connectivity index (χ1v) is 6.33. The van der Waals surface area contributed by atoms with Crippen LogP contribution in [0.4, 0.5) is 0 Å². The van der Waals surface area contributed by atoms with Crippen molar-refractivity contribution in [3.63, 3.8) is 0 Å². The predicted octanol–water partition coefficient (Wildman–Crippen LogP) is 3.83. The highest BCUT2D eigenvalue weighted by atomic mass is 32.2. The second-order valence-corrected chi connectivity index (χ2v) is 5.03. The molecule has 1 aromatic carbocycles. The van der Waals surface area contributed by atoms with E-state index in [1.807, 2.05) is 6.07 Å². The summed E-state index contributed by atoms with van der Waals surface area (Å²) < 4.78 is 1.20. The van der Waals surface area contributed by atoms with Gasteiger partial charge in [0, 0.05) is 9.60 Å². The molecule has 1 nitrogen and oxygen atoms in total. The molecule has 0 amide bonds. The number of rotatable bonds is 2. The second-order valence-electron chi connectivity index (χ2n) is 3.07. The number of thioether (sulfide) groups is 1. The number of hydrogen-bond donors (Lipinski definition) is 0. The molecule has 0 aliphatic rings. The minimum Gasteiger partial charge on any atom is -0.294 e. The van der Waals surface area contributed by atoms with Gasteiger partial charge >= 0.3 is 0 Å². The molecule has 3 heteroatoms. The molecular formula is C11H10OS2. The third kappa shape index (κ3) is 1.70. The van der Waals surface area contributed by atoms with E-state index >= 15 is 0 Å². The van der Waals surface area contributed by atoms with Crippen molar-refractivity contribution in [2.24, 2.45) is 0 Å². The Morgan fingerprint density at radius 3 is 2.79 bits per heavy atom. The highest BCUT2D eigenvalue weighted by Crippen LogP contribution is 2.29. The van der Waals surface area contributed by atoms with Crippen LogP contribution in [-0.4, -0.2) is 12.0 Å². The van der Waals surface area contributed by atoms with Crippen LogP contribution in [0.2, 0.25) is 0 Å². The van der Waals surface area contributed by atoms with E-state index < -0.39 is 0 Å². The Labute approximate surface area is 91.1 Å². The summed E-state index contributed by atoms with van der Waals surface area (Å²) in [4.78, 5) is 13.3. The van der Waals surface area contributed by atoms with Crippen LogP contribution < -0.4 is 0 Å². The lowest BCUT2D eigenvalue weighted by molar-refractivity contribution is 0.102. The van der Waals surface area contributed by atoms with E-state index in [-0.39, 0.29) is 5.78 Å². The zero-order valence-corrected chi connectivity index (χ0v) is 9.67. The van der Waals surface area contributed by atoms with Gasteiger partial charge in [-0.25, -0.2) is 0 Å². The van der Waals surface area contributed by atoms with Gasteiger partial charge in [0.2, 0.25) is 0 Å². The number of hydrogen-bond acceptors (Lipinski definition) is 3. The van der Waals surface area contributed by atoms with E-state index in [4.69, 9.17) is 0 Å². The van der Waals surface area contributed by atoms with Gasteiger partial charge in [-0.3, -0.25) is 4.79 Å². The first kappa shape index (κ1) is 9.74.